The summed E-state index contributed by atoms with van der Waals surface area (Å²) in [4.78, 5) is 29.8. The number of nitrogens with one attached hydrogen (secondary N) is 2. The summed E-state index contributed by atoms with van der Waals surface area (Å²) in [6.45, 7) is 3.93. The van der Waals surface area contributed by atoms with Crippen LogP contribution in [0, 0.1) is 13.8 Å². The smallest absolute Gasteiger partial charge is 0.257 e. The molecule has 0 aliphatic carbocycles. The third kappa shape index (κ3) is 5.44. The van der Waals surface area contributed by atoms with Gasteiger partial charge in [0, 0.05) is 16.8 Å². The summed E-state index contributed by atoms with van der Waals surface area (Å²) in [5.74, 6) is 0.330. The number of amides is 2. The molecule has 3 rings (SSSR count). The Morgan fingerprint density at radius 2 is 1.61 bits per heavy atom. The van der Waals surface area contributed by atoms with Gasteiger partial charge in [-0.3, -0.25) is 9.59 Å². The highest BCUT2D eigenvalue weighted by atomic mass is 32.2. The largest absolute Gasteiger partial charge is 0.325 e. The summed E-state index contributed by atoms with van der Waals surface area (Å²) >= 11 is 1.33. The first-order valence-electron chi connectivity index (χ1n) is 8.83. The van der Waals surface area contributed by atoms with Crippen LogP contribution in [-0.2, 0) is 4.79 Å². The van der Waals surface area contributed by atoms with Crippen molar-refractivity contribution in [3.63, 3.8) is 0 Å². The number of pyridine rings is 1. The van der Waals surface area contributed by atoms with E-state index < -0.39 is 0 Å². The lowest BCUT2D eigenvalue weighted by atomic mass is 10.2. The van der Waals surface area contributed by atoms with Gasteiger partial charge in [0.05, 0.1) is 11.3 Å². The summed E-state index contributed by atoms with van der Waals surface area (Å²) in [7, 11) is 0. The van der Waals surface area contributed by atoms with Gasteiger partial charge in [0.15, 0.2) is 0 Å². The third-order valence-corrected chi connectivity index (χ3v) is 5.05. The molecule has 0 aliphatic rings. The van der Waals surface area contributed by atoms with Gasteiger partial charge in [-0.2, -0.15) is 0 Å². The molecule has 0 saturated carbocycles. The van der Waals surface area contributed by atoms with E-state index in [-0.39, 0.29) is 17.6 Å². The molecule has 0 aliphatic heterocycles. The minimum Gasteiger partial charge on any atom is -0.325 e. The Morgan fingerprint density at radius 1 is 0.893 bits per heavy atom. The zero-order valence-corrected chi connectivity index (χ0v) is 16.5. The molecule has 2 amide bonds. The molecule has 1 aromatic heterocycles. The zero-order valence-electron chi connectivity index (χ0n) is 15.7. The fraction of sp³-hybridized carbons (Fsp3) is 0.136. The predicted octanol–water partition coefficient (Wildman–Crippen LogP) is 4.68. The van der Waals surface area contributed by atoms with Gasteiger partial charge in [-0.15, -0.1) is 11.8 Å². The Bertz CT molecular complexity index is 970. The number of aryl methyl sites for hydroxylation is 2. The molecule has 5 nitrogen and oxygen atoms in total. The second kappa shape index (κ2) is 9.19. The van der Waals surface area contributed by atoms with E-state index in [1.54, 1.807) is 24.4 Å². The van der Waals surface area contributed by atoms with E-state index in [0.717, 1.165) is 21.7 Å². The van der Waals surface area contributed by atoms with E-state index in [1.807, 2.05) is 56.3 Å². The van der Waals surface area contributed by atoms with Crippen LogP contribution in [0.2, 0.25) is 0 Å². The fourth-order valence-corrected chi connectivity index (χ4v) is 3.33. The Kier molecular flexibility index (Phi) is 6.45. The average molecular weight is 391 g/mol. The van der Waals surface area contributed by atoms with Crippen LogP contribution in [0.25, 0.3) is 0 Å². The third-order valence-electron chi connectivity index (χ3n) is 3.98. The first kappa shape index (κ1) is 19.6. The molecule has 2 N–H and O–H groups in total. The summed E-state index contributed by atoms with van der Waals surface area (Å²) in [6, 6.07) is 18.5. The van der Waals surface area contributed by atoms with Gasteiger partial charge in [0.2, 0.25) is 5.91 Å². The minimum absolute atomic E-state index is 0.121. The van der Waals surface area contributed by atoms with Crippen molar-refractivity contribution >= 4 is 35.1 Å². The maximum Gasteiger partial charge on any atom is 0.257 e. The highest BCUT2D eigenvalue weighted by Gasteiger charge is 2.13. The van der Waals surface area contributed by atoms with E-state index in [1.165, 1.54) is 11.8 Å². The fourth-order valence-electron chi connectivity index (χ4n) is 2.48. The monoisotopic (exact) mass is 391 g/mol. The Labute approximate surface area is 168 Å². The van der Waals surface area contributed by atoms with Gasteiger partial charge in [-0.05, 0) is 49.7 Å². The number of anilines is 2. The molecule has 1 heterocycles. The van der Waals surface area contributed by atoms with Crippen LogP contribution in [0.1, 0.15) is 21.5 Å². The molecule has 0 fully saturated rings. The first-order valence-corrected chi connectivity index (χ1v) is 9.82. The molecule has 6 heteroatoms. The van der Waals surface area contributed by atoms with Crippen LogP contribution >= 0.6 is 11.8 Å². The molecule has 0 unspecified atom stereocenters. The molecule has 142 valence electrons. The van der Waals surface area contributed by atoms with E-state index >= 15 is 0 Å². The molecular formula is C22H21N3O2S. The van der Waals surface area contributed by atoms with Crippen LogP contribution in [0.15, 0.2) is 71.8 Å². The number of rotatable bonds is 6. The van der Waals surface area contributed by atoms with E-state index in [0.29, 0.717) is 11.4 Å². The highest BCUT2D eigenvalue weighted by molar-refractivity contribution is 8.00. The molecule has 0 radical (unpaired) electrons. The second-order valence-electron chi connectivity index (χ2n) is 6.37. The lowest BCUT2D eigenvalue weighted by molar-refractivity contribution is -0.113. The van der Waals surface area contributed by atoms with Gasteiger partial charge in [-0.25, -0.2) is 4.98 Å². The zero-order chi connectivity index (χ0) is 19.9. The maximum atomic E-state index is 12.6. The Hall–Kier alpha value is -3.12. The van der Waals surface area contributed by atoms with Gasteiger partial charge in [0.25, 0.3) is 5.91 Å². The molecule has 0 atom stereocenters. The molecule has 0 bridgehead atoms. The molecule has 0 spiro atoms. The van der Waals surface area contributed by atoms with E-state index in [9.17, 15) is 9.59 Å². The normalized spacial score (nSPS) is 10.4. The quantitative estimate of drug-likeness (QED) is 0.599. The topological polar surface area (TPSA) is 71.1 Å². The molecule has 0 saturated heterocycles. The van der Waals surface area contributed by atoms with Crippen molar-refractivity contribution in [2.75, 3.05) is 16.4 Å². The van der Waals surface area contributed by atoms with Gasteiger partial charge < -0.3 is 10.6 Å². The maximum absolute atomic E-state index is 12.6. The van der Waals surface area contributed by atoms with Crippen molar-refractivity contribution in [2.24, 2.45) is 0 Å². The standard InChI is InChI=1S/C22H21N3O2S/c1-15-7-10-17(11-8-15)24-21(26)14-28-19-6-4-3-5-18(19)22(27)25-20-12-9-16(2)13-23-20/h3-13H,14H2,1-2H3,(H,24,26)(H,23,25,27). The lowest BCUT2D eigenvalue weighted by Gasteiger charge is -2.10. The van der Waals surface area contributed by atoms with Gasteiger partial charge >= 0.3 is 0 Å². The van der Waals surface area contributed by atoms with Crippen LogP contribution in [-0.4, -0.2) is 22.6 Å². The van der Waals surface area contributed by atoms with Gasteiger partial charge in [-0.1, -0.05) is 35.9 Å². The van der Waals surface area contributed by atoms with Crippen molar-refractivity contribution in [1.29, 1.82) is 0 Å². The number of carbonyl (C=O) groups excluding carboxylic acids is 2. The van der Waals surface area contributed by atoms with E-state index in [4.69, 9.17) is 0 Å². The van der Waals surface area contributed by atoms with Crippen LogP contribution in [0.5, 0.6) is 0 Å². The summed E-state index contributed by atoms with van der Waals surface area (Å²) in [6.07, 6.45) is 1.70. The number of hydrogen-bond acceptors (Lipinski definition) is 4. The van der Waals surface area contributed by atoms with Crippen molar-refractivity contribution in [3.8, 4) is 0 Å². The van der Waals surface area contributed by atoms with Crippen molar-refractivity contribution < 1.29 is 9.59 Å². The molecule has 28 heavy (non-hydrogen) atoms. The first-order chi connectivity index (χ1) is 13.5. The Morgan fingerprint density at radius 3 is 2.32 bits per heavy atom. The van der Waals surface area contributed by atoms with Crippen LogP contribution < -0.4 is 10.6 Å². The minimum atomic E-state index is -0.251. The Balaban J connectivity index is 1.63. The summed E-state index contributed by atoms with van der Waals surface area (Å²) in [5, 5.41) is 5.66. The van der Waals surface area contributed by atoms with Crippen molar-refractivity contribution in [2.45, 2.75) is 18.7 Å². The summed E-state index contributed by atoms with van der Waals surface area (Å²) in [5.41, 5.74) is 3.43. The summed E-state index contributed by atoms with van der Waals surface area (Å²) < 4.78 is 0. The number of hydrogen-bond donors (Lipinski definition) is 2. The second-order valence-corrected chi connectivity index (χ2v) is 7.39. The number of carbonyl (C=O) groups is 2. The van der Waals surface area contributed by atoms with Crippen molar-refractivity contribution in [3.05, 3.63) is 83.6 Å². The van der Waals surface area contributed by atoms with Crippen LogP contribution in [0.4, 0.5) is 11.5 Å². The molecule has 2 aromatic carbocycles. The average Bonchev–Trinajstić information content (AvgIpc) is 2.70. The SMILES string of the molecule is Cc1ccc(NC(=O)CSc2ccccc2C(=O)Nc2ccc(C)cn2)cc1. The van der Waals surface area contributed by atoms with Crippen molar-refractivity contribution in [1.82, 2.24) is 4.98 Å². The number of nitrogens with zero attached hydrogens (tertiary/aromatic N) is 1. The number of benzene rings is 2. The number of thioether (sulfide) groups is 1. The highest BCUT2D eigenvalue weighted by Crippen LogP contribution is 2.24. The molecular weight excluding hydrogens is 370 g/mol. The lowest BCUT2D eigenvalue weighted by Crippen LogP contribution is -2.16. The predicted molar refractivity (Wildman–Crippen MR) is 114 cm³/mol. The van der Waals surface area contributed by atoms with E-state index in [2.05, 4.69) is 15.6 Å². The van der Waals surface area contributed by atoms with Gasteiger partial charge in [0.1, 0.15) is 5.82 Å². The molecule has 3 aromatic rings. The number of aromatic nitrogens is 1. The van der Waals surface area contributed by atoms with Crippen LogP contribution in [0.3, 0.4) is 0 Å².